The maximum absolute atomic E-state index is 11.7. The van der Waals surface area contributed by atoms with Gasteiger partial charge in [0.05, 0.1) is 20.3 Å². The normalized spacial score (nSPS) is 20.1. The van der Waals surface area contributed by atoms with Crippen LogP contribution in [0.3, 0.4) is 0 Å². The van der Waals surface area contributed by atoms with Gasteiger partial charge in [0.1, 0.15) is 0 Å². The van der Waals surface area contributed by atoms with Crippen molar-refractivity contribution >= 4 is 11.7 Å². The van der Waals surface area contributed by atoms with Crippen molar-refractivity contribution in [2.24, 2.45) is 0 Å². The Hall–Kier alpha value is -1.62. The number of ether oxygens (including phenoxy) is 2. The standard InChI is InChI=1S/C12H16N2O3/c1-9-7-13-4-3-10(9)14-5-6-17-8-11(14)12(15)16-2/h3-4,7,11H,5-6,8H2,1-2H3. The predicted molar refractivity (Wildman–Crippen MR) is 62.9 cm³/mol. The Morgan fingerprint density at radius 2 is 2.47 bits per heavy atom. The van der Waals surface area contributed by atoms with Crippen LogP contribution in [0.5, 0.6) is 0 Å². The van der Waals surface area contributed by atoms with E-state index in [0.717, 1.165) is 11.3 Å². The van der Waals surface area contributed by atoms with Crippen molar-refractivity contribution in [2.75, 3.05) is 31.8 Å². The molecule has 1 aromatic rings. The number of esters is 1. The lowest BCUT2D eigenvalue weighted by Crippen LogP contribution is -2.50. The van der Waals surface area contributed by atoms with Gasteiger partial charge >= 0.3 is 5.97 Å². The predicted octanol–water partition coefficient (Wildman–Crippen LogP) is 0.768. The fourth-order valence-corrected chi connectivity index (χ4v) is 2.01. The average Bonchev–Trinajstić information content (AvgIpc) is 2.38. The molecule has 0 amide bonds. The lowest BCUT2D eigenvalue weighted by Gasteiger charge is -2.36. The minimum Gasteiger partial charge on any atom is -0.467 e. The summed E-state index contributed by atoms with van der Waals surface area (Å²) < 4.78 is 10.1. The van der Waals surface area contributed by atoms with E-state index >= 15 is 0 Å². The number of anilines is 1. The van der Waals surface area contributed by atoms with E-state index in [4.69, 9.17) is 9.47 Å². The Bertz CT molecular complexity index is 408. The number of morpholine rings is 1. The summed E-state index contributed by atoms with van der Waals surface area (Å²) >= 11 is 0. The second-order valence-corrected chi connectivity index (χ2v) is 3.97. The number of hydrogen-bond acceptors (Lipinski definition) is 5. The molecule has 5 heteroatoms. The first kappa shape index (κ1) is 11.9. The van der Waals surface area contributed by atoms with Crippen LogP contribution in [-0.4, -0.2) is 43.9 Å². The molecule has 17 heavy (non-hydrogen) atoms. The molecule has 1 saturated heterocycles. The molecule has 0 aromatic carbocycles. The second-order valence-electron chi connectivity index (χ2n) is 3.97. The molecular weight excluding hydrogens is 220 g/mol. The Balaban J connectivity index is 2.28. The fraction of sp³-hybridized carbons (Fsp3) is 0.500. The maximum atomic E-state index is 11.7. The number of aryl methyl sites for hydroxylation is 1. The Labute approximate surface area is 100 Å². The van der Waals surface area contributed by atoms with Crippen LogP contribution in [-0.2, 0) is 14.3 Å². The molecule has 1 fully saturated rings. The molecule has 1 aliphatic heterocycles. The van der Waals surface area contributed by atoms with E-state index in [2.05, 4.69) is 4.98 Å². The van der Waals surface area contributed by atoms with E-state index in [0.29, 0.717) is 19.8 Å². The molecule has 92 valence electrons. The number of aromatic nitrogens is 1. The lowest BCUT2D eigenvalue weighted by molar-refractivity contribution is -0.144. The first-order valence-electron chi connectivity index (χ1n) is 5.57. The number of methoxy groups -OCH3 is 1. The van der Waals surface area contributed by atoms with Gasteiger partial charge in [-0.05, 0) is 18.6 Å². The van der Waals surface area contributed by atoms with Crippen molar-refractivity contribution in [3.63, 3.8) is 0 Å². The van der Waals surface area contributed by atoms with Crippen molar-refractivity contribution in [3.8, 4) is 0 Å². The average molecular weight is 236 g/mol. The summed E-state index contributed by atoms with van der Waals surface area (Å²) in [5.41, 5.74) is 2.06. The largest absolute Gasteiger partial charge is 0.467 e. The maximum Gasteiger partial charge on any atom is 0.330 e. The molecule has 1 aliphatic rings. The molecule has 0 spiro atoms. The summed E-state index contributed by atoms with van der Waals surface area (Å²) in [7, 11) is 1.40. The smallest absolute Gasteiger partial charge is 0.330 e. The third kappa shape index (κ3) is 2.39. The zero-order valence-electron chi connectivity index (χ0n) is 10.0. The summed E-state index contributed by atoms with van der Waals surface area (Å²) in [6, 6.07) is 1.55. The van der Waals surface area contributed by atoms with Crippen molar-refractivity contribution < 1.29 is 14.3 Å². The Morgan fingerprint density at radius 3 is 3.18 bits per heavy atom. The first-order chi connectivity index (χ1) is 8.24. The summed E-state index contributed by atoms with van der Waals surface area (Å²) in [6.45, 7) is 3.65. The minimum absolute atomic E-state index is 0.263. The van der Waals surface area contributed by atoms with Gasteiger partial charge in [-0.3, -0.25) is 4.98 Å². The number of rotatable bonds is 2. The van der Waals surface area contributed by atoms with Crippen LogP contribution in [0.1, 0.15) is 5.56 Å². The summed E-state index contributed by atoms with van der Waals surface area (Å²) in [5.74, 6) is -0.263. The summed E-state index contributed by atoms with van der Waals surface area (Å²) in [6.07, 6.45) is 3.52. The van der Waals surface area contributed by atoms with E-state index in [-0.39, 0.29) is 12.0 Å². The van der Waals surface area contributed by atoms with Crippen LogP contribution < -0.4 is 4.90 Å². The molecular formula is C12H16N2O3. The topological polar surface area (TPSA) is 51.7 Å². The molecule has 1 unspecified atom stereocenters. The molecule has 5 nitrogen and oxygen atoms in total. The van der Waals surface area contributed by atoms with Gasteiger partial charge in [0.2, 0.25) is 0 Å². The highest BCUT2D eigenvalue weighted by atomic mass is 16.5. The van der Waals surface area contributed by atoms with E-state index in [1.807, 2.05) is 17.9 Å². The number of pyridine rings is 1. The van der Waals surface area contributed by atoms with Gasteiger partial charge in [-0.15, -0.1) is 0 Å². The van der Waals surface area contributed by atoms with Crippen molar-refractivity contribution in [2.45, 2.75) is 13.0 Å². The van der Waals surface area contributed by atoms with Gasteiger partial charge in [0.15, 0.2) is 6.04 Å². The molecule has 2 heterocycles. The molecule has 0 N–H and O–H groups in total. The van der Waals surface area contributed by atoms with Crippen molar-refractivity contribution in [1.29, 1.82) is 0 Å². The third-order valence-corrected chi connectivity index (χ3v) is 2.90. The highest BCUT2D eigenvalue weighted by Gasteiger charge is 2.31. The van der Waals surface area contributed by atoms with Gasteiger partial charge in [0.25, 0.3) is 0 Å². The fourth-order valence-electron chi connectivity index (χ4n) is 2.01. The molecule has 0 radical (unpaired) electrons. The van der Waals surface area contributed by atoms with Crippen molar-refractivity contribution in [1.82, 2.24) is 4.98 Å². The number of nitrogens with zero attached hydrogens (tertiary/aromatic N) is 2. The zero-order valence-corrected chi connectivity index (χ0v) is 10.0. The van der Waals surface area contributed by atoms with E-state index in [9.17, 15) is 4.79 Å². The van der Waals surface area contributed by atoms with E-state index in [1.165, 1.54) is 7.11 Å². The summed E-state index contributed by atoms with van der Waals surface area (Å²) in [4.78, 5) is 17.8. The van der Waals surface area contributed by atoms with Gasteiger partial charge in [-0.25, -0.2) is 4.79 Å². The highest BCUT2D eigenvalue weighted by molar-refractivity contribution is 5.80. The zero-order chi connectivity index (χ0) is 12.3. The van der Waals surface area contributed by atoms with Crippen LogP contribution in [0.4, 0.5) is 5.69 Å². The van der Waals surface area contributed by atoms with Crippen molar-refractivity contribution in [3.05, 3.63) is 24.0 Å². The molecule has 1 aromatic heterocycles. The Kier molecular flexibility index (Phi) is 3.58. The number of carbonyl (C=O) groups is 1. The van der Waals surface area contributed by atoms with E-state index in [1.54, 1.807) is 12.4 Å². The molecule has 2 rings (SSSR count). The van der Waals surface area contributed by atoms with Crippen LogP contribution in [0.2, 0.25) is 0 Å². The Morgan fingerprint density at radius 1 is 1.65 bits per heavy atom. The highest BCUT2D eigenvalue weighted by Crippen LogP contribution is 2.23. The molecule has 0 saturated carbocycles. The molecule has 0 aliphatic carbocycles. The van der Waals surface area contributed by atoms with Gasteiger partial charge in [-0.1, -0.05) is 0 Å². The third-order valence-electron chi connectivity index (χ3n) is 2.90. The molecule has 0 bridgehead atoms. The number of carbonyl (C=O) groups excluding carboxylic acids is 1. The second kappa shape index (κ2) is 5.14. The van der Waals surface area contributed by atoms with Gasteiger partial charge < -0.3 is 14.4 Å². The van der Waals surface area contributed by atoms with Crippen LogP contribution in [0.25, 0.3) is 0 Å². The van der Waals surface area contributed by atoms with Crippen LogP contribution in [0.15, 0.2) is 18.5 Å². The molecule has 1 atom stereocenters. The first-order valence-corrected chi connectivity index (χ1v) is 5.57. The summed E-state index contributed by atoms with van der Waals surface area (Å²) in [5, 5.41) is 0. The van der Waals surface area contributed by atoms with E-state index < -0.39 is 0 Å². The van der Waals surface area contributed by atoms with Gasteiger partial charge in [0, 0.05) is 24.6 Å². The SMILES string of the molecule is COC(=O)C1COCCN1c1ccncc1C. The van der Waals surface area contributed by atoms with Crippen LogP contribution >= 0.6 is 0 Å². The van der Waals surface area contributed by atoms with Gasteiger partial charge in [-0.2, -0.15) is 0 Å². The quantitative estimate of drug-likeness (QED) is 0.710. The monoisotopic (exact) mass is 236 g/mol. The van der Waals surface area contributed by atoms with Crippen LogP contribution in [0, 0.1) is 6.92 Å². The lowest BCUT2D eigenvalue weighted by atomic mass is 10.1. The minimum atomic E-state index is -0.366. The number of hydrogen-bond donors (Lipinski definition) is 0.